The van der Waals surface area contributed by atoms with E-state index in [2.05, 4.69) is 43.9 Å². The van der Waals surface area contributed by atoms with Crippen LogP contribution in [0.4, 0.5) is 0 Å². The number of fused-ring (bicyclic) bond motifs is 1. The van der Waals surface area contributed by atoms with E-state index in [1.165, 1.54) is 49.9 Å². The van der Waals surface area contributed by atoms with Gasteiger partial charge in [-0.3, -0.25) is 4.90 Å². The number of ether oxygens (including phenoxy) is 1. The highest BCUT2D eigenvalue weighted by molar-refractivity contribution is 5.85. The van der Waals surface area contributed by atoms with Gasteiger partial charge in [0.2, 0.25) is 0 Å². The summed E-state index contributed by atoms with van der Waals surface area (Å²) in [6.07, 6.45) is 4.94. The lowest BCUT2D eigenvalue weighted by Gasteiger charge is -2.40. The minimum absolute atomic E-state index is 0. The normalized spacial score (nSPS) is 20.8. The van der Waals surface area contributed by atoms with Crippen LogP contribution in [-0.4, -0.2) is 31.1 Å². The Balaban J connectivity index is 0.00000220. The molecular weight excluding hydrogens is 282 g/mol. The first-order chi connectivity index (χ1) is 9.72. The number of methoxy groups -OCH3 is 1. The lowest BCUT2D eigenvalue weighted by molar-refractivity contribution is 0.157. The maximum absolute atomic E-state index is 5.61. The number of rotatable bonds is 6. The molecule has 0 N–H and O–H groups in total. The van der Waals surface area contributed by atoms with Crippen LogP contribution in [0, 0.1) is 0 Å². The smallest absolute Gasteiger partial charge is 0.122 e. The van der Waals surface area contributed by atoms with E-state index in [1.807, 2.05) is 0 Å². The highest BCUT2D eigenvalue weighted by atomic mass is 35.5. The first-order valence-corrected chi connectivity index (χ1v) is 8.12. The molecule has 21 heavy (non-hydrogen) atoms. The molecule has 1 aliphatic carbocycles. The number of hydrogen-bond acceptors (Lipinski definition) is 2. The summed E-state index contributed by atoms with van der Waals surface area (Å²) in [7, 11) is 1.79. The number of nitrogens with zero attached hydrogens (tertiary/aromatic N) is 1. The van der Waals surface area contributed by atoms with Gasteiger partial charge in [-0.2, -0.15) is 0 Å². The van der Waals surface area contributed by atoms with Crippen LogP contribution >= 0.6 is 12.4 Å². The SMILES string of the molecule is CCCN(CCC)C1CCc2cccc(OC)c2C1C.Cl. The Morgan fingerprint density at radius 1 is 1.19 bits per heavy atom. The van der Waals surface area contributed by atoms with Crippen LogP contribution in [0.5, 0.6) is 5.75 Å². The third kappa shape index (κ3) is 3.92. The number of benzene rings is 1. The molecule has 1 aliphatic rings. The van der Waals surface area contributed by atoms with Crippen LogP contribution in [-0.2, 0) is 6.42 Å². The maximum Gasteiger partial charge on any atom is 0.122 e. The van der Waals surface area contributed by atoms with E-state index in [0.29, 0.717) is 12.0 Å². The summed E-state index contributed by atoms with van der Waals surface area (Å²) in [5.74, 6) is 1.64. The third-order valence-electron chi connectivity index (χ3n) is 4.61. The number of aryl methyl sites for hydroxylation is 1. The second-order valence-corrected chi connectivity index (χ2v) is 5.96. The molecule has 0 saturated heterocycles. The van der Waals surface area contributed by atoms with E-state index >= 15 is 0 Å². The molecule has 0 spiro atoms. The summed E-state index contributed by atoms with van der Waals surface area (Å²) in [5.41, 5.74) is 2.93. The van der Waals surface area contributed by atoms with Crippen LogP contribution < -0.4 is 4.74 Å². The maximum atomic E-state index is 5.61. The lowest BCUT2D eigenvalue weighted by Crippen LogP contribution is -2.42. The minimum Gasteiger partial charge on any atom is -0.496 e. The summed E-state index contributed by atoms with van der Waals surface area (Å²) in [6.45, 7) is 9.37. The summed E-state index contributed by atoms with van der Waals surface area (Å²) in [5, 5.41) is 0. The van der Waals surface area contributed by atoms with E-state index in [1.54, 1.807) is 7.11 Å². The summed E-state index contributed by atoms with van der Waals surface area (Å²) < 4.78 is 5.61. The molecule has 0 aromatic heterocycles. The molecule has 0 heterocycles. The molecule has 0 bridgehead atoms. The minimum atomic E-state index is 0. The monoisotopic (exact) mass is 311 g/mol. The van der Waals surface area contributed by atoms with Gasteiger partial charge in [0.15, 0.2) is 0 Å². The molecular formula is C18H30ClNO. The Labute approximate surface area is 136 Å². The lowest BCUT2D eigenvalue weighted by atomic mass is 9.79. The molecule has 1 aromatic carbocycles. The molecule has 0 amide bonds. The van der Waals surface area contributed by atoms with Gasteiger partial charge in [-0.25, -0.2) is 0 Å². The summed E-state index contributed by atoms with van der Waals surface area (Å²) in [6, 6.07) is 7.18. The van der Waals surface area contributed by atoms with Crippen molar-refractivity contribution in [3.63, 3.8) is 0 Å². The topological polar surface area (TPSA) is 12.5 Å². The van der Waals surface area contributed by atoms with Crippen LogP contribution in [0.15, 0.2) is 18.2 Å². The number of hydrogen-bond donors (Lipinski definition) is 0. The van der Waals surface area contributed by atoms with E-state index in [4.69, 9.17) is 4.74 Å². The third-order valence-corrected chi connectivity index (χ3v) is 4.61. The van der Waals surface area contributed by atoms with E-state index in [0.717, 1.165) is 5.75 Å². The van der Waals surface area contributed by atoms with Crippen molar-refractivity contribution in [2.24, 2.45) is 0 Å². The molecule has 0 aliphatic heterocycles. The van der Waals surface area contributed by atoms with Gasteiger partial charge in [0, 0.05) is 17.5 Å². The van der Waals surface area contributed by atoms with Crippen molar-refractivity contribution in [1.82, 2.24) is 4.90 Å². The molecule has 2 nitrogen and oxygen atoms in total. The van der Waals surface area contributed by atoms with Gasteiger partial charge >= 0.3 is 0 Å². The first kappa shape index (κ1) is 18.3. The highest BCUT2D eigenvalue weighted by Crippen LogP contribution is 2.39. The second-order valence-electron chi connectivity index (χ2n) is 5.96. The van der Waals surface area contributed by atoms with Gasteiger partial charge in [-0.1, -0.05) is 32.9 Å². The number of halogens is 1. The van der Waals surface area contributed by atoms with Gasteiger partial charge in [0.1, 0.15) is 5.75 Å². The molecule has 2 rings (SSSR count). The fourth-order valence-corrected chi connectivity index (χ4v) is 3.76. The highest BCUT2D eigenvalue weighted by Gasteiger charge is 2.31. The van der Waals surface area contributed by atoms with Crippen LogP contribution in [0.1, 0.15) is 57.1 Å². The van der Waals surface area contributed by atoms with Gasteiger partial charge < -0.3 is 4.74 Å². The summed E-state index contributed by atoms with van der Waals surface area (Å²) >= 11 is 0. The van der Waals surface area contributed by atoms with Crippen molar-refractivity contribution in [3.05, 3.63) is 29.3 Å². The van der Waals surface area contributed by atoms with Crippen molar-refractivity contribution in [1.29, 1.82) is 0 Å². The largest absolute Gasteiger partial charge is 0.496 e. The Bertz CT molecular complexity index is 415. The predicted molar refractivity (Wildman–Crippen MR) is 92.9 cm³/mol. The molecule has 2 atom stereocenters. The van der Waals surface area contributed by atoms with Crippen molar-refractivity contribution in [2.45, 2.75) is 58.4 Å². The Morgan fingerprint density at radius 3 is 2.43 bits per heavy atom. The molecule has 120 valence electrons. The standard InChI is InChI=1S/C18H29NO.ClH/c1-5-12-19(13-6-2)16-11-10-15-8-7-9-17(20-4)18(15)14(16)3;/h7-9,14,16H,5-6,10-13H2,1-4H3;1H. The average molecular weight is 312 g/mol. The summed E-state index contributed by atoms with van der Waals surface area (Å²) in [4.78, 5) is 2.69. The predicted octanol–water partition coefficient (Wildman–Crippen LogP) is 4.66. The van der Waals surface area contributed by atoms with Gasteiger partial charge in [0.25, 0.3) is 0 Å². The van der Waals surface area contributed by atoms with Crippen LogP contribution in [0.2, 0.25) is 0 Å². The molecule has 2 unspecified atom stereocenters. The zero-order chi connectivity index (χ0) is 14.5. The van der Waals surface area contributed by atoms with Crippen molar-refractivity contribution < 1.29 is 4.74 Å². The molecule has 0 saturated carbocycles. The van der Waals surface area contributed by atoms with Gasteiger partial charge in [-0.15, -0.1) is 12.4 Å². The van der Waals surface area contributed by atoms with Crippen molar-refractivity contribution in [3.8, 4) is 5.75 Å². The van der Waals surface area contributed by atoms with E-state index < -0.39 is 0 Å². The van der Waals surface area contributed by atoms with E-state index in [9.17, 15) is 0 Å². The Hall–Kier alpha value is -0.730. The zero-order valence-electron chi connectivity index (χ0n) is 13.9. The van der Waals surface area contributed by atoms with Gasteiger partial charge in [-0.05, 0) is 50.4 Å². The molecule has 0 radical (unpaired) electrons. The molecule has 1 aromatic rings. The van der Waals surface area contributed by atoms with Gasteiger partial charge in [0.05, 0.1) is 7.11 Å². The zero-order valence-corrected chi connectivity index (χ0v) is 14.7. The quantitative estimate of drug-likeness (QED) is 0.757. The van der Waals surface area contributed by atoms with Crippen molar-refractivity contribution >= 4 is 12.4 Å². The second kappa shape index (κ2) is 8.65. The molecule has 0 fully saturated rings. The van der Waals surface area contributed by atoms with E-state index in [-0.39, 0.29) is 12.4 Å². The fraction of sp³-hybridized carbons (Fsp3) is 0.667. The van der Waals surface area contributed by atoms with Crippen LogP contribution in [0.25, 0.3) is 0 Å². The van der Waals surface area contributed by atoms with Crippen molar-refractivity contribution in [2.75, 3.05) is 20.2 Å². The molecule has 3 heteroatoms. The fourth-order valence-electron chi connectivity index (χ4n) is 3.76. The van der Waals surface area contributed by atoms with Crippen LogP contribution in [0.3, 0.4) is 0 Å². The average Bonchev–Trinajstić information content (AvgIpc) is 2.47. The first-order valence-electron chi connectivity index (χ1n) is 8.12. The Morgan fingerprint density at radius 2 is 1.86 bits per heavy atom. The Kier molecular flexibility index (Phi) is 7.55.